The number of aliphatic hydroxyl groups excluding tert-OH is 1. The van der Waals surface area contributed by atoms with Crippen molar-refractivity contribution in [1.29, 1.82) is 0 Å². The fourth-order valence-electron chi connectivity index (χ4n) is 2.86. The number of rotatable bonds is 4. The van der Waals surface area contributed by atoms with Crippen LogP contribution in [-0.2, 0) is 12.0 Å². The van der Waals surface area contributed by atoms with Gasteiger partial charge in [-0.25, -0.2) is 4.98 Å². The van der Waals surface area contributed by atoms with Crippen LogP contribution in [-0.4, -0.2) is 33.7 Å². The minimum atomic E-state index is -0.207. The van der Waals surface area contributed by atoms with Crippen molar-refractivity contribution in [2.24, 2.45) is 0 Å². The second kappa shape index (κ2) is 6.54. The van der Waals surface area contributed by atoms with Crippen molar-refractivity contribution in [1.82, 2.24) is 9.88 Å². The molecule has 2 heterocycles. The molecule has 0 amide bonds. The van der Waals surface area contributed by atoms with Gasteiger partial charge in [-0.15, -0.1) is 11.3 Å². The highest BCUT2D eigenvalue weighted by Gasteiger charge is 2.25. The van der Waals surface area contributed by atoms with Gasteiger partial charge in [0.15, 0.2) is 0 Å². The zero-order valence-corrected chi connectivity index (χ0v) is 14.0. The van der Waals surface area contributed by atoms with E-state index in [1.807, 2.05) is 6.92 Å². The Morgan fingerprint density at radius 1 is 1.45 bits per heavy atom. The first-order valence-corrected chi connectivity index (χ1v) is 8.61. The van der Waals surface area contributed by atoms with E-state index in [-0.39, 0.29) is 11.5 Å². The fraction of sp³-hybridized carbons (Fsp3) is 0.812. The lowest BCUT2D eigenvalue weighted by Gasteiger charge is -2.36. The first-order valence-electron chi connectivity index (χ1n) is 7.73. The van der Waals surface area contributed by atoms with Crippen molar-refractivity contribution in [3.05, 3.63) is 16.1 Å². The molecule has 0 aliphatic carbocycles. The molecule has 1 aliphatic heterocycles. The third kappa shape index (κ3) is 4.27. The van der Waals surface area contributed by atoms with Gasteiger partial charge < -0.3 is 5.11 Å². The number of piperidine rings is 1. The molecule has 1 aliphatic rings. The van der Waals surface area contributed by atoms with Crippen LogP contribution >= 0.6 is 11.3 Å². The second-order valence-electron chi connectivity index (χ2n) is 7.10. The number of likely N-dealkylation sites (tertiary alicyclic amines) is 1. The van der Waals surface area contributed by atoms with E-state index >= 15 is 0 Å². The van der Waals surface area contributed by atoms with Gasteiger partial charge in [0, 0.05) is 23.4 Å². The van der Waals surface area contributed by atoms with E-state index in [0.717, 1.165) is 19.5 Å². The normalized spacial score (nSPS) is 22.9. The first kappa shape index (κ1) is 15.9. The molecule has 0 bridgehead atoms. The number of hydrogen-bond donors (Lipinski definition) is 1. The van der Waals surface area contributed by atoms with Crippen LogP contribution in [0.1, 0.15) is 64.1 Å². The molecule has 0 spiro atoms. The summed E-state index contributed by atoms with van der Waals surface area (Å²) in [7, 11) is 0. The van der Waals surface area contributed by atoms with Gasteiger partial charge in [0.25, 0.3) is 0 Å². The molecule has 20 heavy (non-hydrogen) atoms. The van der Waals surface area contributed by atoms with Gasteiger partial charge in [0.05, 0.1) is 16.8 Å². The molecule has 0 unspecified atom stereocenters. The molecule has 0 saturated carbocycles. The maximum absolute atomic E-state index is 9.66. The zero-order chi connectivity index (χ0) is 14.8. The lowest BCUT2D eigenvalue weighted by Crippen LogP contribution is -2.40. The van der Waals surface area contributed by atoms with Crippen LogP contribution in [0.2, 0.25) is 0 Å². The monoisotopic (exact) mass is 296 g/mol. The Balaban J connectivity index is 2.01. The SMILES string of the molecule is C[C@@H](O)C[C@@H]1CCCCN1Cc1csc(C(C)(C)C)n1. The molecule has 2 atom stereocenters. The fourth-order valence-corrected chi connectivity index (χ4v) is 3.76. The summed E-state index contributed by atoms with van der Waals surface area (Å²) >= 11 is 1.77. The molecule has 3 nitrogen and oxygen atoms in total. The third-order valence-corrected chi connectivity index (χ3v) is 5.24. The second-order valence-corrected chi connectivity index (χ2v) is 7.96. The van der Waals surface area contributed by atoms with E-state index in [4.69, 9.17) is 4.98 Å². The van der Waals surface area contributed by atoms with E-state index in [0.29, 0.717) is 6.04 Å². The van der Waals surface area contributed by atoms with E-state index in [9.17, 15) is 5.11 Å². The Labute approximate surface area is 127 Å². The summed E-state index contributed by atoms with van der Waals surface area (Å²) in [5.41, 5.74) is 1.33. The van der Waals surface area contributed by atoms with Crippen LogP contribution in [0.3, 0.4) is 0 Å². The molecule has 2 rings (SSSR count). The molecule has 1 saturated heterocycles. The van der Waals surface area contributed by atoms with Crippen molar-refractivity contribution in [2.45, 2.75) is 77.5 Å². The van der Waals surface area contributed by atoms with Gasteiger partial charge in [-0.3, -0.25) is 4.90 Å². The first-order chi connectivity index (χ1) is 9.36. The van der Waals surface area contributed by atoms with Crippen LogP contribution < -0.4 is 0 Å². The minimum Gasteiger partial charge on any atom is -0.393 e. The number of aromatic nitrogens is 1. The zero-order valence-electron chi connectivity index (χ0n) is 13.2. The molecule has 1 aromatic rings. The number of nitrogens with zero attached hydrogens (tertiary/aromatic N) is 2. The molecule has 0 aromatic carbocycles. The van der Waals surface area contributed by atoms with Gasteiger partial charge in [-0.1, -0.05) is 27.2 Å². The lowest BCUT2D eigenvalue weighted by atomic mass is 9.97. The maximum atomic E-state index is 9.66. The smallest absolute Gasteiger partial charge is 0.0982 e. The Morgan fingerprint density at radius 3 is 2.80 bits per heavy atom. The van der Waals surface area contributed by atoms with Crippen LogP contribution in [0.5, 0.6) is 0 Å². The van der Waals surface area contributed by atoms with Gasteiger partial charge in [-0.05, 0) is 32.7 Å². The summed E-state index contributed by atoms with van der Waals surface area (Å²) in [4.78, 5) is 7.32. The van der Waals surface area contributed by atoms with Crippen LogP contribution in [0.15, 0.2) is 5.38 Å². The maximum Gasteiger partial charge on any atom is 0.0982 e. The number of hydrogen-bond acceptors (Lipinski definition) is 4. The molecule has 114 valence electrons. The highest BCUT2D eigenvalue weighted by atomic mass is 32.1. The van der Waals surface area contributed by atoms with E-state index in [1.54, 1.807) is 11.3 Å². The van der Waals surface area contributed by atoms with Crippen molar-refractivity contribution >= 4 is 11.3 Å². The average Bonchev–Trinajstić information content (AvgIpc) is 2.79. The summed E-state index contributed by atoms with van der Waals surface area (Å²) in [6.07, 6.45) is 4.45. The molecule has 1 aromatic heterocycles. The molecule has 1 fully saturated rings. The standard InChI is InChI=1S/C16H28N2OS/c1-12(19)9-14-7-5-6-8-18(14)10-13-11-20-15(17-13)16(2,3)4/h11-12,14,19H,5-10H2,1-4H3/t12-,14+/m1/s1. The van der Waals surface area contributed by atoms with Gasteiger partial charge >= 0.3 is 0 Å². The predicted octanol–water partition coefficient (Wildman–Crippen LogP) is 3.57. The predicted molar refractivity (Wildman–Crippen MR) is 85.2 cm³/mol. The Morgan fingerprint density at radius 2 is 2.20 bits per heavy atom. The number of thiazole rings is 1. The summed E-state index contributed by atoms with van der Waals surface area (Å²) in [6, 6.07) is 0.517. The van der Waals surface area contributed by atoms with Gasteiger partial charge in [-0.2, -0.15) is 0 Å². The van der Waals surface area contributed by atoms with E-state index in [2.05, 4.69) is 31.1 Å². The number of aliphatic hydroxyl groups is 1. The van der Waals surface area contributed by atoms with Crippen molar-refractivity contribution in [3.8, 4) is 0 Å². The summed E-state index contributed by atoms with van der Waals surface area (Å²) in [5.74, 6) is 0. The Kier molecular flexibility index (Phi) is 5.21. The van der Waals surface area contributed by atoms with Gasteiger partial charge in [0.1, 0.15) is 0 Å². The third-order valence-electron chi connectivity index (χ3n) is 3.92. The average molecular weight is 296 g/mol. The highest BCUT2D eigenvalue weighted by molar-refractivity contribution is 7.09. The van der Waals surface area contributed by atoms with Crippen LogP contribution in [0, 0.1) is 0 Å². The quantitative estimate of drug-likeness (QED) is 0.923. The molecule has 4 heteroatoms. The minimum absolute atomic E-state index is 0.143. The topological polar surface area (TPSA) is 36.4 Å². The highest BCUT2D eigenvalue weighted by Crippen LogP contribution is 2.28. The van der Waals surface area contributed by atoms with Crippen molar-refractivity contribution < 1.29 is 5.11 Å². The van der Waals surface area contributed by atoms with Crippen LogP contribution in [0.4, 0.5) is 0 Å². The van der Waals surface area contributed by atoms with E-state index in [1.165, 1.54) is 30.0 Å². The van der Waals surface area contributed by atoms with Crippen molar-refractivity contribution in [2.75, 3.05) is 6.54 Å². The molecule has 1 N–H and O–H groups in total. The molecular formula is C16H28N2OS. The summed E-state index contributed by atoms with van der Waals surface area (Å²) < 4.78 is 0. The van der Waals surface area contributed by atoms with Crippen molar-refractivity contribution in [3.63, 3.8) is 0 Å². The Bertz CT molecular complexity index is 422. The largest absolute Gasteiger partial charge is 0.393 e. The molecular weight excluding hydrogens is 268 g/mol. The Hall–Kier alpha value is -0.450. The summed E-state index contributed by atoms with van der Waals surface area (Å²) in [6.45, 7) is 10.6. The van der Waals surface area contributed by atoms with E-state index < -0.39 is 0 Å². The molecule has 0 radical (unpaired) electrons. The van der Waals surface area contributed by atoms with Crippen LogP contribution in [0.25, 0.3) is 0 Å². The lowest BCUT2D eigenvalue weighted by molar-refractivity contribution is 0.0810. The van der Waals surface area contributed by atoms with Gasteiger partial charge in [0.2, 0.25) is 0 Å². The summed E-state index contributed by atoms with van der Waals surface area (Å²) in [5, 5.41) is 13.1.